The molecule has 88 valence electrons. The number of hydrogen-bond acceptors (Lipinski definition) is 5. The number of thiophene rings is 1. The quantitative estimate of drug-likeness (QED) is 0.779. The minimum absolute atomic E-state index is 0.0975. The monoisotopic (exact) mass is 264 g/mol. The second-order valence-corrected chi connectivity index (χ2v) is 5.87. The zero-order valence-corrected chi connectivity index (χ0v) is 11.0. The average Bonchev–Trinajstić information content (AvgIpc) is 2.97. The van der Waals surface area contributed by atoms with Gasteiger partial charge in [0, 0.05) is 11.4 Å². The Bertz CT molecular complexity index is 498. The van der Waals surface area contributed by atoms with Crippen LogP contribution in [0.3, 0.4) is 0 Å². The zero-order chi connectivity index (χ0) is 12.1. The second-order valence-electron chi connectivity index (χ2n) is 3.53. The second kappa shape index (κ2) is 5.84. The molecule has 0 saturated carbocycles. The molecule has 0 bridgehead atoms. The SMILES string of the molecule is C[C@@H](C#N)Sc1nncn1CCc1cccs1. The number of aryl methyl sites for hydroxylation is 2. The van der Waals surface area contributed by atoms with Gasteiger partial charge in [0.1, 0.15) is 6.33 Å². The number of nitrogens with zero attached hydrogens (tertiary/aromatic N) is 4. The fourth-order valence-corrected chi connectivity index (χ4v) is 2.79. The highest BCUT2D eigenvalue weighted by Crippen LogP contribution is 2.20. The van der Waals surface area contributed by atoms with E-state index in [0.717, 1.165) is 18.1 Å². The Morgan fingerprint density at radius 2 is 2.53 bits per heavy atom. The molecule has 0 saturated heterocycles. The summed E-state index contributed by atoms with van der Waals surface area (Å²) < 4.78 is 2.00. The molecule has 0 fully saturated rings. The summed E-state index contributed by atoms with van der Waals surface area (Å²) in [6, 6.07) is 6.36. The molecule has 0 unspecified atom stereocenters. The van der Waals surface area contributed by atoms with Crippen LogP contribution in [-0.2, 0) is 13.0 Å². The minimum Gasteiger partial charge on any atom is -0.308 e. The van der Waals surface area contributed by atoms with Crippen LogP contribution in [0.5, 0.6) is 0 Å². The van der Waals surface area contributed by atoms with Crippen molar-refractivity contribution in [2.45, 2.75) is 30.3 Å². The van der Waals surface area contributed by atoms with E-state index in [1.807, 2.05) is 11.5 Å². The zero-order valence-electron chi connectivity index (χ0n) is 9.41. The molecule has 0 aliphatic rings. The lowest BCUT2D eigenvalue weighted by atomic mass is 10.3. The molecule has 6 heteroatoms. The summed E-state index contributed by atoms with van der Waals surface area (Å²) in [5.41, 5.74) is 0. The molecule has 2 aromatic rings. The van der Waals surface area contributed by atoms with E-state index in [2.05, 4.69) is 33.8 Å². The van der Waals surface area contributed by atoms with Crippen LogP contribution in [-0.4, -0.2) is 20.0 Å². The van der Waals surface area contributed by atoms with Crippen LogP contribution in [0.2, 0.25) is 0 Å². The largest absolute Gasteiger partial charge is 0.308 e. The van der Waals surface area contributed by atoms with Crippen molar-refractivity contribution in [1.29, 1.82) is 5.26 Å². The summed E-state index contributed by atoms with van der Waals surface area (Å²) in [7, 11) is 0. The van der Waals surface area contributed by atoms with Crippen LogP contribution in [0.25, 0.3) is 0 Å². The van der Waals surface area contributed by atoms with Gasteiger partial charge in [-0.1, -0.05) is 17.8 Å². The van der Waals surface area contributed by atoms with E-state index in [0.29, 0.717) is 0 Å². The molecule has 2 heterocycles. The first-order valence-corrected chi connectivity index (χ1v) is 7.02. The van der Waals surface area contributed by atoms with Crippen LogP contribution < -0.4 is 0 Å². The van der Waals surface area contributed by atoms with Gasteiger partial charge in [-0.05, 0) is 24.8 Å². The summed E-state index contributed by atoms with van der Waals surface area (Å²) in [6.07, 6.45) is 2.70. The van der Waals surface area contributed by atoms with Gasteiger partial charge in [-0.15, -0.1) is 21.5 Å². The first kappa shape index (κ1) is 12.1. The third-order valence-corrected chi connectivity index (χ3v) is 4.15. The van der Waals surface area contributed by atoms with Crippen molar-refractivity contribution in [2.75, 3.05) is 0 Å². The average molecular weight is 264 g/mol. The molecule has 17 heavy (non-hydrogen) atoms. The first-order valence-electron chi connectivity index (χ1n) is 5.26. The summed E-state index contributed by atoms with van der Waals surface area (Å²) >= 11 is 3.20. The Labute approximate surface area is 108 Å². The first-order chi connectivity index (χ1) is 8.29. The maximum Gasteiger partial charge on any atom is 0.192 e. The number of nitriles is 1. The predicted octanol–water partition coefficient (Wildman–Crippen LogP) is 2.59. The highest BCUT2D eigenvalue weighted by Gasteiger charge is 2.09. The predicted molar refractivity (Wildman–Crippen MR) is 69.0 cm³/mol. The van der Waals surface area contributed by atoms with Gasteiger partial charge in [0.15, 0.2) is 5.16 Å². The topological polar surface area (TPSA) is 54.5 Å². The Morgan fingerprint density at radius 3 is 3.24 bits per heavy atom. The van der Waals surface area contributed by atoms with Crippen molar-refractivity contribution in [3.05, 3.63) is 28.7 Å². The van der Waals surface area contributed by atoms with Crippen molar-refractivity contribution in [3.63, 3.8) is 0 Å². The van der Waals surface area contributed by atoms with Crippen molar-refractivity contribution in [1.82, 2.24) is 14.8 Å². The summed E-state index contributed by atoms with van der Waals surface area (Å²) in [4.78, 5) is 1.35. The standard InChI is InChI=1S/C11H12N4S2/c1-9(7-12)17-11-14-13-8-15(11)5-4-10-3-2-6-16-10/h2-3,6,8-9H,4-5H2,1H3/t9-/m0/s1. The van der Waals surface area contributed by atoms with Crippen LogP contribution in [0.15, 0.2) is 29.0 Å². The molecule has 0 aromatic carbocycles. The van der Waals surface area contributed by atoms with Gasteiger partial charge in [0.25, 0.3) is 0 Å². The van der Waals surface area contributed by atoms with Gasteiger partial charge >= 0.3 is 0 Å². The van der Waals surface area contributed by atoms with E-state index in [1.54, 1.807) is 17.7 Å². The smallest absolute Gasteiger partial charge is 0.192 e. The lowest BCUT2D eigenvalue weighted by Gasteiger charge is -2.05. The molecule has 0 aliphatic heterocycles. The third-order valence-electron chi connectivity index (χ3n) is 2.22. The van der Waals surface area contributed by atoms with Crippen LogP contribution >= 0.6 is 23.1 Å². The van der Waals surface area contributed by atoms with Crippen molar-refractivity contribution >= 4 is 23.1 Å². The number of thioether (sulfide) groups is 1. The molecular weight excluding hydrogens is 252 g/mol. The Kier molecular flexibility index (Phi) is 4.18. The number of aromatic nitrogens is 3. The van der Waals surface area contributed by atoms with Gasteiger partial charge in [0.2, 0.25) is 0 Å². The minimum atomic E-state index is -0.0975. The Hall–Kier alpha value is -1.32. The highest BCUT2D eigenvalue weighted by molar-refractivity contribution is 8.00. The molecule has 1 atom stereocenters. The van der Waals surface area contributed by atoms with E-state index in [9.17, 15) is 0 Å². The maximum atomic E-state index is 8.78. The summed E-state index contributed by atoms with van der Waals surface area (Å²) in [5.74, 6) is 0. The van der Waals surface area contributed by atoms with E-state index in [-0.39, 0.29) is 5.25 Å². The molecule has 0 radical (unpaired) electrons. The summed E-state index contributed by atoms with van der Waals surface area (Å²) in [5, 5.41) is 19.5. The van der Waals surface area contributed by atoms with E-state index in [1.165, 1.54) is 16.6 Å². The Morgan fingerprint density at radius 1 is 1.65 bits per heavy atom. The third kappa shape index (κ3) is 3.32. The van der Waals surface area contributed by atoms with Gasteiger partial charge in [-0.3, -0.25) is 0 Å². The Balaban J connectivity index is 1.97. The molecule has 0 N–H and O–H groups in total. The normalized spacial score (nSPS) is 12.2. The number of rotatable bonds is 5. The van der Waals surface area contributed by atoms with Crippen LogP contribution in [0.1, 0.15) is 11.8 Å². The lowest BCUT2D eigenvalue weighted by molar-refractivity contribution is 0.637. The van der Waals surface area contributed by atoms with Gasteiger partial charge in [0.05, 0.1) is 11.3 Å². The van der Waals surface area contributed by atoms with E-state index >= 15 is 0 Å². The molecule has 2 rings (SSSR count). The van der Waals surface area contributed by atoms with E-state index in [4.69, 9.17) is 5.26 Å². The van der Waals surface area contributed by atoms with Gasteiger partial charge in [-0.2, -0.15) is 5.26 Å². The molecule has 0 aliphatic carbocycles. The molecular formula is C11H12N4S2. The number of hydrogen-bond donors (Lipinski definition) is 0. The fourth-order valence-electron chi connectivity index (χ4n) is 1.36. The van der Waals surface area contributed by atoms with Gasteiger partial charge < -0.3 is 4.57 Å². The fraction of sp³-hybridized carbons (Fsp3) is 0.364. The lowest BCUT2D eigenvalue weighted by Crippen LogP contribution is -2.03. The van der Waals surface area contributed by atoms with Crippen LogP contribution in [0.4, 0.5) is 0 Å². The summed E-state index contributed by atoms with van der Waals surface area (Å²) in [6.45, 7) is 2.72. The molecule has 0 amide bonds. The van der Waals surface area contributed by atoms with Crippen LogP contribution in [0, 0.1) is 11.3 Å². The highest BCUT2D eigenvalue weighted by atomic mass is 32.2. The van der Waals surface area contributed by atoms with Crippen molar-refractivity contribution in [3.8, 4) is 6.07 Å². The molecule has 4 nitrogen and oxygen atoms in total. The maximum absolute atomic E-state index is 8.78. The molecule has 0 spiro atoms. The van der Waals surface area contributed by atoms with Gasteiger partial charge in [-0.25, -0.2) is 0 Å². The van der Waals surface area contributed by atoms with Crippen molar-refractivity contribution in [2.24, 2.45) is 0 Å². The van der Waals surface area contributed by atoms with E-state index < -0.39 is 0 Å². The van der Waals surface area contributed by atoms with Crippen molar-refractivity contribution < 1.29 is 0 Å². The molecule has 2 aromatic heterocycles.